The molecule has 4 N–H and O–H groups in total. The van der Waals surface area contributed by atoms with Gasteiger partial charge >= 0.3 is 11.8 Å². The van der Waals surface area contributed by atoms with Gasteiger partial charge in [-0.05, 0) is 38.0 Å². The molecule has 0 spiro atoms. The van der Waals surface area contributed by atoms with Crippen molar-refractivity contribution in [1.29, 1.82) is 0 Å². The SMILES string of the molecule is CCOCCCNC(=O)C(=O)Nc1cc(C)ccc1N. The van der Waals surface area contributed by atoms with Gasteiger partial charge < -0.3 is 21.1 Å². The van der Waals surface area contributed by atoms with Crippen LogP contribution < -0.4 is 16.4 Å². The first-order chi connectivity index (χ1) is 9.54. The third-order valence-corrected chi connectivity index (χ3v) is 2.62. The van der Waals surface area contributed by atoms with Crippen molar-refractivity contribution in [3.63, 3.8) is 0 Å². The van der Waals surface area contributed by atoms with E-state index in [-0.39, 0.29) is 0 Å². The number of benzene rings is 1. The zero-order valence-corrected chi connectivity index (χ0v) is 11.9. The highest BCUT2D eigenvalue weighted by molar-refractivity contribution is 6.39. The molecule has 0 bridgehead atoms. The molecule has 0 aromatic heterocycles. The zero-order chi connectivity index (χ0) is 15.0. The van der Waals surface area contributed by atoms with Crippen LogP contribution in [0.3, 0.4) is 0 Å². The third kappa shape index (κ3) is 5.27. The second-order valence-corrected chi connectivity index (χ2v) is 4.35. The molecule has 0 aliphatic carbocycles. The van der Waals surface area contributed by atoms with Gasteiger partial charge in [-0.25, -0.2) is 0 Å². The Bertz CT molecular complexity index is 475. The van der Waals surface area contributed by atoms with Crippen LogP contribution in [0.2, 0.25) is 0 Å². The van der Waals surface area contributed by atoms with Gasteiger partial charge in [-0.2, -0.15) is 0 Å². The Hall–Kier alpha value is -2.08. The summed E-state index contributed by atoms with van der Waals surface area (Å²) in [6.07, 6.45) is 0.666. The molecule has 110 valence electrons. The van der Waals surface area contributed by atoms with E-state index in [9.17, 15) is 9.59 Å². The summed E-state index contributed by atoms with van der Waals surface area (Å²) in [4.78, 5) is 23.3. The second kappa shape index (κ2) is 8.16. The van der Waals surface area contributed by atoms with E-state index in [0.717, 1.165) is 5.56 Å². The first-order valence-electron chi connectivity index (χ1n) is 6.57. The summed E-state index contributed by atoms with van der Waals surface area (Å²) in [6.45, 7) is 5.38. The molecule has 0 unspecified atom stereocenters. The van der Waals surface area contributed by atoms with Crippen LogP contribution in [-0.2, 0) is 14.3 Å². The van der Waals surface area contributed by atoms with Crippen molar-refractivity contribution >= 4 is 23.2 Å². The monoisotopic (exact) mass is 279 g/mol. The maximum atomic E-state index is 11.7. The third-order valence-electron chi connectivity index (χ3n) is 2.62. The molecular weight excluding hydrogens is 258 g/mol. The second-order valence-electron chi connectivity index (χ2n) is 4.35. The van der Waals surface area contributed by atoms with Crippen LogP contribution >= 0.6 is 0 Å². The van der Waals surface area contributed by atoms with E-state index in [2.05, 4.69) is 10.6 Å². The molecule has 0 atom stereocenters. The summed E-state index contributed by atoms with van der Waals surface area (Å²) in [5.41, 5.74) is 7.55. The van der Waals surface area contributed by atoms with Crippen molar-refractivity contribution in [3.8, 4) is 0 Å². The van der Waals surface area contributed by atoms with Gasteiger partial charge in [-0.3, -0.25) is 9.59 Å². The number of carbonyl (C=O) groups excluding carboxylic acids is 2. The average molecular weight is 279 g/mol. The van der Waals surface area contributed by atoms with Gasteiger partial charge in [0.1, 0.15) is 0 Å². The minimum absolute atomic E-state index is 0.398. The standard InChI is InChI=1S/C14H21N3O3/c1-3-20-8-4-7-16-13(18)14(19)17-12-9-10(2)5-6-11(12)15/h5-6,9H,3-4,7-8,15H2,1-2H3,(H,16,18)(H,17,19). The maximum Gasteiger partial charge on any atom is 0.313 e. The van der Waals surface area contributed by atoms with Crippen molar-refractivity contribution in [3.05, 3.63) is 23.8 Å². The van der Waals surface area contributed by atoms with Crippen molar-refractivity contribution in [2.24, 2.45) is 0 Å². The quantitative estimate of drug-likeness (QED) is 0.412. The van der Waals surface area contributed by atoms with E-state index in [1.165, 1.54) is 0 Å². The maximum absolute atomic E-state index is 11.7. The topological polar surface area (TPSA) is 93.4 Å². The Labute approximate surface area is 118 Å². The lowest BCUT2D eigenvalue weighted by Gasteiger charge is -2.09. The van der Waals surface area contributed by atoms with Gasteiger partial charge in [-0.1, -0.05) is 6.07 Å². The number of hydrogen-bond donors (Lipinski definition) is 3. The lowest BCUT2D eigenvalue weighted by Crippen LogP contribution is -2.36. The molecule has 1 aromatic rings. The van der Waals surface area contributed by atoms with Gasteiger partial charge in [0.2, 0.25) is 0 Å². The van der Waals surface area contributed by atoms with Crippen molar-refractivity contribution in [2.75, 3.05) is 30.8 Å². The molecule has 6 heteroatoms. The molecule has 20 heavy (non-hydrogen) atoms. The van der Waals surface area contributed by atoms with Crippen LogP contribution in [0.25, 0.3) is 0 Å². The number of ether oxygens (including phenoxy) is 1. The molecule has 0 aliphatic rings. The van der Waals surface area contributed by atoms with Gasteiger partial charge in [0, 0.05) is 19.8 Å². The molecule has 0 radical (unpaired) electrons. The molecule has 0 fully saturated rings. The Morgan fingerprint density at radius 2 is 2.05 bits per heavy atom. The normalized spacial score (nSPS) is 10.1. The molecule has 1 rings (SSSR count). The molecule has 1 aromatic carbocycles. The van der Waals surface area contributed by atoms with E-state index in [4.69, 9.17) is 10.5 Å². The molecule has 0 saturated heterocycles. The summed E-state index contributed by atoms with van der Waals surface area (Å²) >= 11 is 0. The Balaban J connectivity index is 2.41. The van der Waals surface area contributed by atoms with Crippen molar-refractivity contribution < 1.29 is 14.3 Å². The molecule has 0 heterocycles. The summed E-state index contributed by atoms with van der Waals surface area (Å²) in [7, 11) is 0. The molecular formula is C14H21N3O3. The summed E-state index contributed by atoms with van der Waals surface area (Å²) in [6, 6.07) is 5.24. The first-order valence-corrected chi connectivity index (χ1v) is 6.57. The zero-order valence-electron chi connectivity index (χ0n) is 11.9. The van der Waals surface area contributed by atoms with E-state index in [0.29, 0.717) is 37.6 Å². The highest BCUT2D eigenvalue weighted by Crippen LogP contribution is 2.19. The minimum Gasteiger partial charge on any atom is -0.397 e. The predicted molar refractivity (Wildman–Crippen MR) is 78.3 cm³/mol. The summed E-state index contributed by atoms with van der Waals surface area (Å²) in [5.74, 6) is -1.40. The average Bonchev–Trinajstić information content (AvgIpc) is 2.42. The van der Waals surface area contributed by atoms with Gasteiger partial charge in [0.15, 0.2) is 0 Å². The number of anilines is 2. The molecule has 6 nitrogen and oxygen atoms in total. The Morgan fingerprint density at radius 3 is 2.75 bits per heavy atom. The summed E-state index contributed by atoms with van der Waals surface area (Å²) < 4.78 is 5.13. The highest BCUT2D eigenvalue weighted by Gasteiger charge is 2.14. The smallest absolute Gasteiger partial charge is 0.313 e. The number of hydrogen-bond acceptors (Lipinski definition) is 4. The number of nitrogens with one attached hydrogen (secondary N) is 2. The lowest BCUT2D eigenvalue weighted by atomic mass is 10.2. The van der Waals surface area contributed by atoms with E-state index in [1.54, 1.807) is 12.1 Å². The lowest BCUT2D eigenvalue weighted by molar-refractivity contribution is -0.136. The van der Waals surface area contributed by atoms with Crippen LogP contribution in [0, 0.1) is 6.92 Å². The Morgan fingerprint density at radius 1 is 1.30 bits per heavy atom. The fraction of sp³-hybridized carbons (Fsp3) is 0.429. The van der Waals surface area contributed by atoms with Crippen LogP contribution in [-0.4, -0.2) is 31.6 Å². The molecule has 0 saturated carbocycles. The van der Waals surface area contributed by atoms with E-state index in [1.807, 2.05) is 19.9 Å². The first kappa shape index (κ1) is 16.0. The van der Waals surface area contributed by atoms with Crippen LogP contribution in [0.5, 0.6) is 0 Å². The van der Waals surface area contributed by atoms with E-state index >= 15 is 0 Å². The number of amides is 2. The van der Waals surface area contributed by atoms with Gasteiger partial charge in [0.25, 0.3) is 0 Å². The van der Waals surface area contributed by atoms with Gasteiger partial charge in [0.05, 0.1) is 11.4 Å². The number of rotatable bonds is 6. The van der Waals surface area contributed by atoms with Gasteiger partial charge in [-0.15, -0.1) is 0 Å². The largest absolute Gasteiger partial charge is 0.397 e. The predicted octanol–water partition coefficient (Wildman–Crippen LogP) is 1.06. The number of aryl methyl sites for hydroxylation is 1. The molecule has 0 aliphatic heterocycles. The minimum atomic E-state index is -0.723. The van der Waals surface area contributed by atoms with E-state index < -0.39 is 11.8 Å². The van der Waals surface area contributed by atoms with Crippen molar-refractivity contribution in [1.82, 2.24) is 5.32 Å². The van der Waals surface area contributed by atoms with Crippen LogP contribution in [0.4, 0.5) is 11.4 Å². The number of nitrogens with two attached hydrogens (primary N) is 1. The van der Waals surface area contributed by atoms with Crippen LogP contribution in [0.15, 0.2) is 18.2 Å². The fourth-order valence-corrected chi connectivity index (χ4v) is 1.56. The fourth-order valence-electron chi connectivity index (χ4n) is 1.56. The van der Waals surface area contributed by atoms with Crippen molar-refractivity contribution in [2.45, 2.75) is 20.3 Å². The highest BCUT2D eigenvalue weighted by atomic mass is 16.5. The summed E-state index contributed by atoms with van der Waals surface area (Å²) in [5, 5.41) is 5.02. The number of nitrogen functional groups attached to an aromatic ring is 1. The molecule has 2 amide bonds. The van der Waals surface area contributed by atoms with Crippen LogP contribution in [0.1, 0.15) is 18.9 Å². The Kier molecular flexibility index (Phi) is 6.52. The number of carbonyl (C=O) groups is 2.